The predicted octanol–water partition coefficient (Wildman–Crippen LogP) is 2.94. The Morgan fingerprint density at radius 2 is 1.61 bits per heavy atom. The van der Waals surface area contributed by atoms with Gasteiger partial charge in [-0.1, -0.05) is 0 Å². The van der Waals surface area contributed by atoms with Crippen molar-refractivity contribution in [1.82, 2.24) is 9.96 Å². The van der Waals surface area contributed by atoms with Gasteiger partial charge in [-0.05, 0) is 63.8 Å². The summed E-state index contributed by atoms with van der Waals surface area (Å²) in [6, 6.07) is 7.73. The zero-order chi connectivity index (χ0) is 23.8. The van der Waals surface area contributed by atoms with Gasteiger partial charge in [-0.15, -0.1) is 0 Å². The van der Waals surface area contributed by atoms with Crippen LogP contribution in [-0.4, -0.2) is 87.2 Å². The van der Waals surface area contributed by atoms with Gasteiger partial charge < -0.3 is 24.0 Å². The molecule has 0 aromatic heterocycles. The Labute approximate surface area is 196 Å². The number of nitrogens with zero attached hydrogens (tertiary/aromatic N) is 3. The van der Waals surface area contributed by atoms with E-state index in [4.69, 9.17) is 14.3 Å². The summed E-state index contributed by atoms with van der Waals surface area (Å²) in [5.41, 5.74) is 0.661. The maximum atomic E-state index is 12.2. The smallest absolute Gasteiger partial charge is 0.410 e. The third-order valence-corrected chi connectivity index (χ3v) is 5.78. The van der Waals surface area contributed by atoms with Crippen LogP contribution in [-0.2, 0) is 19.1 Å². The van der Waals surface area contributed by atoms with Gasteiger partial charge in [0.2, 0.25) is 0 Å². The maximum Gasteiger partial charge on any atom is 0.410 e. The summed E-state index contributed by atoms with van der Waals surface area (Å²) in [4.78, 5) is 33.6. The van der Waals surface area contributed by atoms with E-state index in [0.717, 1.165) is 57.8 Å². The van der Waals surface area contributed by atoms with Crippen molar-refractivity contribution in [3.63, 3.8) is 0 Å². The van der Waals surface area contributed by atoms with E-state index in [0.29, 0.717) is 18.3 Å². The van der Waals surface area contributed by atoms with Gasteiger partial charge in [-0.3, -0.25) is 4.84 Å². The number of rotatable bonds is 7. The van der Waals surface area contributed by atoms with Gasteiger partial charge in [0.25, 0.3) is 0 Å². The van der Waals surface area contributed by atoms with Crippen LogP contribution in [0.15, 0.2) is 24.3 Å². The summed E-state index contributed by atoms with van der Waals surface area (Å²) in [6.45, 7) is 11.1. The first-order valence-electron chi connectivity index (χ1n) is 11.6. The summed E-state index contributed by atoms with van der Waals surface area (Å²) in [7, 11) is 1.34. The molecule has 9 heteroatoms. The number of anilines is 1. The maximum absolute atomic E-state index is 12.2. The molecule has 1 amide bonds. The van der Waals surface area contributed by atoms with Crippen LogP contribution in [0.2, 0.25) is 0 Å². The van der Waals surface area contributed by atoms with Crippen LogP contribution in [0.1, 0.15) is 33.6 Å². The second kappa shape index (κ2) is 11.6. The van der Waals surface area contributed by atoms with Crippen molar-refractivity contribution in [3.8, 4) is 5.75 Å². The number of esters is 1. The standard InChI is InChI=1S/C24H37N3O6/c1-24(2,3)33-23(29)26-11-9-19(10-12-26)17-32-27-15-13-25(14-16-27)20-5-7-21(8-6-20)31-18-22(28)30-4/h5-8,19H,9-18H2,1-4H3. The highest BCUT2D eigenvalue weighted by Crippen LogP contribution is 2.23. The van der Waals surface area contributed by atoms with E-state index < -0.39 is 11.6 Å². The summed E-state index contributed by atoms with van der Waals surface area (Å²) in [5, 5.41) is 2.05. The molecule has 33 heavy (non-hydrogen) atoms. The highest BCUT2D eigenvalue weighted by Gasteiger charge is 2.27. The van der Waals surface area contributed by atoms with Crippen molar-refractivity contribution in [2.45, 2.75) is 39.2 Å². The van der Waals surface area contributed by atoms with Gasteiger partial charge in [0.1, 0.15) is 11.4 Å². The average Bonchev–Trinajstić information content (AvgIpc) is 2.81. The van der Waals surface area contributed by atoms with E-state index >= 15 is 0 Å². The lowest BCUT2D eigenvalue weighted by molar-refractivity contribution is -0.174. The summed E-state index contributed by atoms with van der Waals surface area (Å²) in [6.07, 6.45) is 1.65. The predicted molar refractivity (Wildman–Crippen MR) is 124 cm³/mol. The minimum Gasteiger partial charge on any atom is -0.482 e. The fourth-order valence-electron chi connectivity index (χ4n) is 3.85. The van der Waals surface area contributed by atoms with E-state index in [9.17, 15) is 9.59 Å². The Kier molecular flexibility index (Phi) is 8.80. The Bertz CT molecular complexity index is 763. The number of ether oxygens (including phenoxy) is 3. The quantitative estimate of drug-likeness (QED) is 0.571. The third-order valence-electron chi connectivity index (χ3n) is 5.78. The molecule has 3 rings (SSSR count). The minimum absolute atomic E-state index is 0.0914. The van der Waals surface area contributed by atoms with Gasteiger partial charge >= 0.3 is 12.1 Å². The molecule has 2 aliphatic heterocycles. The number of carbonyl (C=O) groups is 2. The number of amides is 1. The largest absolute Gasteiger partial charge is 0.482 e. The molecule has 2 heterocycles. The Balaban J connectivity index is 1.33. The zero-order valence-electron chi connectivity index (χ0n) is 20.2. The summed E-state index contributed by atoms with van der Waals surface area (Å²) < 4.78 is 15.4. The lowest BCUT2D eigenvalue weighted by Crippen LogP contribution is -2.47. The molecule has 2 fully saturated rings. The minimum atomic E-state index is -0.459. The molecule has 0 N–H and O–H groups in total. The molecule has 2 saturated heterocycles. The molecule has 0 bridgehead atoms. The van der Waals surface area contributed by atoms with Crippen LogP contribution >= 0.6 is 0 Å². The van der Waals surface area contributed by atoms with E-state index in [-0.39, 0.29) is 12.7 Å². The molecule has 1 aromatic rings. The molecule has 184 valence electrons. The van der Waals surface area contributed by atoms with Gasteiger partial charge in [0.05, 0.1) is 13.7 Å². The fraction of sp³-hybridized carbons (Fsp3) is 0.667. The van der Waals surface area contributed by atoms with E-state index in [1.54, 1.807) is 4.90 Å². The summed E-state index contributed by atoms with van der Waals surface area (Å²) in [5.74, 6) is 0.701. The second-order valence-electron chi connectivity index (χ2n) is 9.48. The zero-order valence-corrected chi connectivity index (χ0v) is 20.2. The Hall–Kier alpha value is -2.52. The van der Waals surface area contributed by atoms with Crippen LogP contribution in [0, 0.1) is 5.92 Å². The fourth-order valence-corrected chi connectivity index (χ4v) is 3.85. The number of benzene rings is 1. The third kappa shape index (κ3) is 8.08. The average molecular weight is 464 g/mol. The van der Waals surface area contributed by atoms with Crippen molar-refractivity contribution >= 4 is 17.7 Å². The van der Waals surface area contributed by atoms with Crippen molar-refractivity contribution in [2.24, 2.45) is 5.92 Å². The van der Waals surface area contributed by atoms with Crippen molar-refractivity contribution in [3.05, 3.63) is 24.3 Å². The first-order valence-corrected chi connectivity index (χ1v) is 11.6. The number of hydrogen-bond donors (Lipinski definition) is 0. The summed E-state index contributed by atoms with van der Waals surface area (Å²) >= 11 is 0. The normalized spacial score (nSPS) is 18.2. The molecule has 0 saturated carbocycles. The topological polar surface area (TPSA) is 80.8 Å². The lowest BCUT2D eigenvalue weighted by Gasteiger charge is -2.37. The number of piperidine rings is 1. The van der Waals surface area contributed by atoms with Gasteiger partial charge in [-0.25, -0.2) is 9.59 Å². The lowest BCUT2D eigenvalue weighted by atomic mass is 9.98. The highest BCUT2D eigenvalue weighted by molar-refractivity contribution is 5.71. The number of hydroxylamine groups is 2. The van der Waals surface area contributed by atoms with Crippen molar-refractivity contribution < 1.29 is 28.6 Å². The Morgan fingerprint density at radius 3 is 2.18 bits per heavy atom. The number of hydrogen-bond acceptors (Lipinski definition) is 8. The van der Waals surface area contributed by atoms with E-state index in [2.05, 4.69) is 9.64 Å². The van der Waals surface area contributed by atoms with Crippen LogP contribution in [0.4, 0.5) is 10.5 Å². The van der Waals surface area contributed by atoms with Crippen LogP contribution in [0.25, 0.3) is 0 Å². The number of piperazine rings is 1. The molecule has 1 aromatic carbocycles. The Morgan fingerprint density at radius 1 is 0.970 bits per heavy atom. The molecular formula is C24H37N3O6. The van der Waals surface area contributed by atoms with Crippen LogP contribution in [0.3, 0.4) is 0 Å². The van der Waals surface area contributed by atoms with Crippen LogP contribution < -0.4 is 9.64 Å². The molecule has 0 unspecified atom stereocenters. The molecule has 0 atom stereocenters. The molecule has 2 aliphatic rings. The molecule has 0 aliphatic carbocycles. The SMILES string of the molecule is COC(=O)COc1ccc(N2CCN(OCC3CCN(C(=O)OC(C)(C)C)CC3)CC2)cc1. The second-order valence-corrected chi connectivity index (χ2v) is 9.48. The number of likely N-dealkylation sites (tertiary alicyclic amines) is 1. The van der Waals surface area contributed by atoms with Crippen molar-refractivity contribution in [1.29, 1.82) is 0 Å². The van der Waals surface area contributed by atoms with Gasteiger partial charge in [0, 0.05) is 45.0 Å². The van der Waals surface area contributed by atoms with E-state index in [1.807, 2.05) is 50.1 Å². The monoisotopic (exact) mass is 463 g/mol. The first-order chi connectivity index (χ1) is 15.7. The number of methoxy groups -OCH3 is 1. The van der Waals surface area contributed by atoms with Gasteiger partial charge in [0.15, 0.2) is 6.61 Å². The highest BCUT2D eigenvalue weighted by atomic mass is 16.7. The molecule has 9 nitrogen and oxygen atoms in total. The van der Waals surface area contributed by atoms with Crippen LogP contribution in [0.5, 0.6) is 5.75 Å². The van der Waals surface area contributed by atoms with E-state index in [1.165, 1.54) is 7.11 Å². The molecular weight excluding hydrogens is 426 g/mol. The van der Waals surface area contributed by atoms with Crippen molar-refractivity contribution in [2.75, 3.05) is 64.5 Å². The molecule has 0 radical (unpaired) electrons. The van der Waals surface area contributed by atoms with Gasteiger partial charge in [-0.2, -0.15) is 5.06 Å². The first kappa shape index (κ1) is 25.1. The molecule has 0 spiro atoms. The number of carbonyl (C=O) groups excluding carboxylic acids is 2.